The van der Waals surface area contributed by atoms with Gasteiger partial charge < -0.3 is 9.47 Å². The van der Waals surface area contributed by atoms with Gasteiger partial charge in [-0.3, -0.25) is 0 Å². The SMILES string of the molecule is C=CC1CCC(C2CCC(c3ccc(-c4ccc(-c5ccc(OCCC)c(F)c5F)cc4)cc3)CC2)CO1. The topological polar surface area (TPSA) is 18.5 Å². The molecule has 5 rings (SSSR count). The molecule has 2 fully saturated rings. The normalized spacial score (nSPS) is 23.7. The zero-order valence-corrected chi connectivity index (χ0v) is 22.3. The summed E-state index contributed by atoms with van der Waals surface area (Å²) < 4.78 is 40.4. The molecular weight excluding hydrogens is 478 g/mol. The highest BCUT2D eigenvalue weighted by Gasteiger charge is 2.31. The van der Waals surface area contributed by atoms with Crippen LogP contribution in [0.4, 0.5) is 8.78 Å². The molecule has 1 saturated carbocycles. The number of benzene rings is 3. The van der Waals surface area contributed by atoms with E-state index in [-0.39, 0.29) is 17.4 Å². The van der Waals surface area contributed by atoms with Crippen molar-refractivity contribution in [2.24, 2.45) is 11.8 Å². The smallest absolute Gasteiger partial charge is 0.201 e. The maximum absolute atomic E-state index is 14.7. The van der Waals surface area contributed by atoms with Gasteiger partial charge in [-0.2, -0.15) is 4.39 Å². The van der Waals surface area contributed by atoms with Gasteiger partial charge in [-0.05, 0) is 97.1 Å². The highest BCUT2D eigenvalue weighted by Crippen LogP contribution is 2.42. The van der Waals surface area contributed by atoms with E-state index < -0.39 is 11.6 Å². The van der Waals surface area contributed by atoms with Gasteiger partial charge in [-0.1, -0.05) is 61.5 Å². The summed E-state index contributed by atoms with van der Waals surface area (Å²) in [7, 11) is 0. The Morgan fingerprint density at radius 1 is 0.789 bits per heavy atom. The molecule has 0 N–H and O–H groups in total. The highest BCUT2D eigenvalue weighted by atomic mass is 19.2. The van der Waals surface area contributed by atoms with Crippen LogP contribution >= 0.6 is 0 Å². The molecule has 1 saturated heterocycles. The van der Waals surface area contributed by atoms with Crippen molar-refractivity contribution in [3.8, 4) is 28.0 Å². The van der Waals surface area contributed by atoms with E-state index >= 15 is 0 Å². The minimum atomic E-state index is -0.932. The maximum atomic E-state index is 14.7. The van der Waals surface area contributed by atoms with Crippen molar-refractivity contribution in [3.05, 3.63) is 90.5 Å². The first-order valence-corrected chi connectivity index (χ1v) is 14.1. The fourth-order valence-electron chi connectivity index (χ4n) is 6.14. The molecule has 200 valence electrons. The molecule has 1 heterocycles. The van der Waals surface area contributed by atoms with Crippen LogP contribution in [-0.4, -0.2) is 19.3 Å². The molecule has 3 aromatic rings. The molecule has 38 heavy (non-hydrogen) atoms. The van der Waals surface area contributed by atoms with Crippen LogP contribution in [0.25, 0.3) is 22.3 Å². The Balaban J connectivity index is 1.20. The zero-order chi connectivity index (χ0) is 26.5. The summed E-state index contributed by atoms with van der Waals surface area (Å²) in [5.74, 6) is 0.265. The predicted molar refractivity (Wildman–Crippen MR) is 150 cm³/mol. The molecule has 0 amide bonds. The molecular formula is C34H38F2O2. The molecule has 0 aromatic heterocycles. The highest BCUT2D eigenvalue weighted by molar-refractivity contribution is 5.71. The third kappa shape index (κ3) is 5.86. The van der Waals surface area contributed by atoms with Gasteiger partial charge in [0.05, 0.1) is 19.3 Å². The molecule has 2 unspecified atom stereocenters. The van der Waals surface area contributed by atoms with Gasteiger partial charge in [0.1, 0.15) is 0 Å². The second-order valence-electron chi connectivity index (χ2n) is 10.8. The van der Waals surface area contributed by atoms with Crippen molar-refractivity contribution in [1.82, 2.24) is 0 Å². The molecule has 1 aliphatic carbocycles. The van der Waals surface area contributed by atoms with Crippen LogP contribution in [0.2, 0.25) is 0 Å². The van der Waals surface area contributed by atoms with E-state index in [2.05, 4.69) is 30.8 Å². The van der Waals surface area contributed by atoms with Crippen LogP contribution in [0.1, 0.15) is 63.4 Å². The molecule has 2 nitrogen and oxygen atoms in total. The van der Waals surface area contributed by atoms with Crippen LogP contribution in [0.15, 0.2) is 73.3 Å². The van der Waals surface area contributed by atoms with Gasteiger partial charge in [-0.25, -0.2) is 4.39 Å². The lowest BCUT2D eigenvalue weighted by Crippen LogP contribution is -2.31. The van der Waals surface area contributed by atoms with Crippen LogP contribution in [0.5, 0.6) is 5.75 Å². The zero-order valence-electron chi connectivity index (χ0n) is 22.3. The molecule has 0 radical (unpaired) electrons. The minimum Gasteiger partial charge on any atom is -0.490 e. The summed E-state index contributed by atoms with van der Waals surface area (Å²) >= 11 is 0. The standard InChI is InChI=1S/C34H38F2O2/c1-3-21-37-32-20-19-31(33(35)34(32)36)28-15-13-26(14-16-28)24-7-5-23(6-8-24)25-9-11-27(12-10-25)29-17-18-30(4-2)38-22-29/h4-8,13-16,19-20,25,27,29-30H,2-3,9-12,17-18,21-22H2,1H3. The summed E-state index contributed by atoms with van der Waals surface area (Å²) in [6.45, 7) is 7.04. The Bertz CT molecular complexity index is 1200. The van der Waals surface area contributed by atoms with Crippen molar-refractivity contribution in [3.63, 3.8) is 0 Å². The summed E-state index contributed by atoms with van der Waals surface area (Å²) in [5.41, 5.74) is 4.48. The van der Waals surface area contributed by atoms with Crippen molar-refractivity contribution in [1.29, 1.82) is 0 Å². The van der Waals surface area contributed by atoms with Gasteiger partial charge in [-0.15, -0.1) is 6.58 Å². The van der Waals surface area contributed by atoms with Gasteiger partial charge in [0.25, 0.3) is 0 Å². The first-order valence-electron chi connectivity index (χ1n) is 14.1. The van der Waals surface area contributed by atoms with Crippen molar-refractivity contribution in [2.45, 2.75) is 63.9 Å². The quantitative estimate of drug-likeness (QED) is 0.278. The third-order valence-electron chi connectivity index (χ3n) is 8.47. The number of hydrogen-bond donors (Lipinski definition) is 0. The van der Waals surface area contributed by atoms with Crippen molar-refractivity contribution < 1.29 is 18.3 Å². The first-order chi connectivity index (χ1) is 18.6. The lowest BCUT2D eigenvalue weighted by atomic mass is 9.72. The largest absolute Gasteiger partial charge is 0.490 e. The Morgan fingerprint density at radius 3 is 2.03 bits per heavy atom. The Morgan fingerprint density at radius 2 is 1.42 bits per heavy atom. The number of ether oxygens (including phenoxy) is 2. The Labute approximate surface area is 225 Å². The summed E-state index contributed by atoms with van der Waals surface area (Å²) in [6.07, 6.45) is 10.3. The van der Waals surface area contributed by atoms with Crippen LogP contribution in [0.3, 0.4) is 0 Å². The Kier molecular flexibility index (Phi) is 8.58. The van der Waals surface area contributed by atoms with Crippen LogP contribution < -0.4 is 4.74 Å². The average molecular weight is 517 g/mol. The second-order valence-corrected chi connectivity index (χ2v) is 10.8. The molecule has 0 bridgehead atoms. The number of hydrogen-bond acceptors (Lipinski definition) is 2. The fourth-order valence-corrected chi connectivity index (χ4v) is 6.14. The number of halogens is 2. The van der Waals surface area contributed by atoms with Crippen LogP contribution in [-0.2, 0) is 4.74 Å². The summed E-state index contributed by atoms with van der Waals surface area (Å²) in [4.78, 5) is 0. The molecule has 2 aliphatic rings. The number of rotatable bonds is 8. The molecule has 1 aliphatic heterocycles. The molecule has 0 spiro atoms. The third-order valence-corrected chi connectivity index (χ3v) is 8.47. The molecule has 4 heteroatoms. The summed E-state index contributed by atoms with van der Waals surface area (Å²) in [6, 6.07) is 19.6. The molecule has 2 atom stereocenters. The second kappa shape index (κ2) is 12.3. The van der Waals surface area contributed by atoms with E-state index in [0.29, 0.717) is 24.0 Å². The maximum Gasteiger partial charge on any atom is 0.201 e. The lowest BCUT2D eigenvalue weighted by Gasteiger charge is -2.37. The van der Waals surface area contributed by atoms with Gasteiger partial charge in [0.2, 0.25) is 5.82 Å². The van der Waals surface area contributed by atoms with Crippen molar-refractivity contribution >= 4 is 0 Å². The van der Waals surface area contributed by atoms with E-state index in [4.69, 9.17) is 9.47 Å². The predicted octanol–water partition coefficient (Wildman–Crippen LogP) is 9.34. The van der Waals surface area contributed by atoms with Crippen LogP contribution in [0, 0.1) is 23.5 Å². The van der Waals surface area contributed by atoms with Gasteiger partial charge >= 0.3 is 0 Å². The fraction of sp³-hybridized carbons (Fsp3) is 0.412. The molecule has 3 aromatic carbocycles. The van der Waals surface area contributed by atoms with E-state index in [1.54, 1.807) is 6.07 Å². The summed E-state index contributed by atoms with van der Waals surface area (Å²) in [5, 5.41) is 0. The van der Waals surface area contributed by atoms with E-state index in [1.807, 2.05) is 37.3 Å². The Hall–Kier alpha value is -2.98. The van der Waals surface area contributed by atoms with Gasteiger partial charge in [0, 0.05) is 5.56 Å². The average Bonchev–Trinajstić information content (AvgIpc) is 2.98. The monoisotopic (exact) mass is 516 g/mol. The minimum absolute atomic E-state index is 0.0389. The van der Waals surface area contributed by atoms with E-state index in [9.17, 15) is 8.78 Å². The first kappa shape index (κ1) is 26.6. The van der Waals surface area contributed by atoms with Crippen molar-refractivity contribution in [2.75, 3.05) is 13.2 Å². The van der Waals surface area contributed by atoms with E-state index in [0.717, 1.165) is 36.5 Å². The van der Waals surface area contributed by atoms with Gasteiger partial charge in [0.15, 0.2) is 11.6 Å². The lowest BCUT2D eigenvalue weighted by molar-refractivity contribution is -0.0147. The van der Waals surface area contributed by atoms with E-state index in [1.165, 1.54) is 43.7 Å².